The number of aliphatic hydroxyl groups is 1. The van der Waals surface area contributed by atoms with Crippen LogP contribution in [0.2, 0.25) is 28.6 Å². The van der Waals surface area contributed by atoms with Crippen LogP contribution in [0.3, 0.4) is 0 Å². The maximum Gasteiger partial charge on any atom is 0.260 e. The third-order valence-electron chi connectivity index (χ3n) is 4.17. The zero-order chi connectivity index (χ0) is 19.6. The molecule has 142 valence electrons. The van der Waals surface area contributed by atoms with Crippen molar-refractivity contribution in [3.05, 3.63) is 16.0 Å². The van der Waals surface area contributed by atoms with Gasteiger partial charge in [0.1, 0.15) is 22.8 Å². The summed E-state index contributed by atoms with van der Waals surface area (Å²) in [5.41, 5.74) is 0.0439. The van der Waals surface area contributed by atoms with Gasteiger partial charge in [0.15, 0.2) is 8.32 Å². The molecule has 2 N–H and O–H groups in total. The fourth-order valence-corrected chi connectivity index (χ4v) is 3.10. The van der Waals surface area contributed by atoms with Crippen LogP contribution >= 0.6 is 23.2 Å². The van der Waals surface area contributed by atoms with Crippen LogP contribution in [0.25, 0.3) is 0 Å². The van der Waals surface area contributed by atoms with Gasteiger partial charge in [0.05, 0.1) is 6.61 Å². The molecule has 0 fully saturated rings. The van der Waals surface area contributed by atoms with Gasteiger partial charge in [0.2, 0.25) is 5.28 Å². The van der Waals surface area contributed by atoms with Crippen molar-refractivity contribution in [2.24, 2.45) is 0 Å². The monoisotopic (exact) mass is 408 g/mol. The number of carbonyl (C=O) groups excluding carboxylic acids is 1. The van der Waals surface area contributed by atoms with E-state index in [1.165, 1.54) is 4.90 Å². The Morgan fingerprint density at radius 1 is 1.32 bits per heavy atom. The molecule has 0 unspecified atom stereocenters. The molecule has 0 aliphatic heterocycles. The molecule has 0 saturated carbocycles. The number of nitrogens with zero attached hydrogens (tertiary/aromatic N) is 3. The number of amides is 1. The SMILES string of the molecule is CN(C)C(=O)c1c(Cl)nc(Cl)nc1N[C@H](O)CO[Si](C)(C)C(C)(C)C. The summed E-state index contributed by atoms with van der Waals surface area (Å²) in [6.45, 7) is 10.5. The predicted molar refractivity (Wildman–Crippen MR) is 103 cm³/mol. The molecule has 0 spiro atoms. The molecule has 1 rings (SSSR count). The van der Waals surface area contributed by atoms with Gasteiger partial charge in [-0.05, 0) is 29.7 Å². The zero-order valence-corrected chi connectivity index (χ0v) is 18.2. The number of nitrogens with one attached hydrogen (secondary N) is 1. The first-order valence-electron chi connectivity index (χ1n) is 7.79. The third kappa shape index (κ3) is 5.79. The lowest BCUT2D eigenvalue weighted by Crippen LogP contribution is -2.43. The fourth-order valence-electron chi connectivity index (χ4n) is 1.63. The number of aliphatic hydroxyl groups excluding tert-OH is 1. The maximum absolute atomic E-state index is 12.3. The Morgan fingerprint density at radius 2 is 1.88 bits per heavy atom. The van der Waals surface area contributed by atoms with E-state index < -0.39 is 20.5 Å². The van der Waals surface area contributed by atoms with Gasteiger partial charge < -0.3 is 19.7 Å². The Labute approximate surface area is 159 Å². The van der Waals surface area contributed by atoms with Gasteiger partial charge in [-0.25, -0.2) is 4.98 Å². The molecule has 0 aromatic carbocycles. The molecule has 25 heavy (non-hydrogen) atoms. The highest BCUT2D eigenvalue weighted by atomic mass is 35.5. The molecule has 1 aromatic rings. The lowest BCUT2D eigenvalue weighted by molar-refractivity contribution is 0.0827. The lowest BCUT2D eigenvalue weighted by Gasteiger charge is -2.36. The molecule has 0 radical (unpaired) electrons. The van der Waals surface area contributed by atoms with Crippen molar-refractivity contribution in [1.82, 2.24) is 14.9 Å². The smallest absolute Gasteiger partial charge is 0.260 e. The molecule has 0 aliphatic rings. The first-order chi connectivity index (χ1) is 11.3. The summed E-state index contributed by atoms with van der Waals surface area (Å²) in [5, 5.41) is 12.8. The van der Waals surface area contributed by atoms with Gasteiger partial charge in [-0.1, -0.05) is 32.4 Å². The number of carbonyl (C=O) groups is 1. The number of rotatable bonds is 6. The summed E-state index contributed by atoms with van der Waals surface area (Å²) >= 11 is 11.9. The van der Waals surface area contributed by atoms with Crippen molar-refractivity contribution in [2.45, 2.75) is 45.1 Å². The number of anilines is 1. The van der Waals surface area contributed by atoms with E-state index in [1.807, 2.05) is 0 Å². The maximum atomic E-state index is 12.3. The van der Waals surface area contributed by atoms with E-state index in [0.717, 1.165) is 0 Å². The van der Waals surface area contributed by atoms with E-state index in [0.29, 0.717) is 0 Å². The van der Waals surface area contributed by atoms with Crippen LogP contribution in [-0.2, 0) is 4.43 Å². The van der Waals surface area contributed by atoms with Crippen molar-refractivity contribution < 1.29 is 14.3 Å². The van der Waals surface area contributed by atoms with Crippen LogP contribution in [-0.4, -0.2) is 61.1 Å². The van der Waals surface area contributed by atoms with Crippen LogP contribution in [0, 0.1) is 0 Å². The Bertz CT molecular complexity index is 636. The number of hydrogen-bond donors (Lipinski definition) is 2. The quantitative estimate of drug-likeness (QED) is 0.325. The van der Waals surface area contributed by atoms with Gasteiger partial charge in [0, 0.05) is 14.1 Å². The summed E-state index contributed by atoms with van der Waals surface area (Å²) in [6.07, 6.45) is -1.08. The van der Waals surface area contributed by atoms with Gasteiger partial charge in [-0.2, -0.15) is 4.98 Å². The second-order valence-corrected chi connectivity index (χ2v) is 12.9. The van der Waals surface area contributed by atoms with E-state index in [1.54, 1.807) is 14.1 Å². The Kier molecular flexibility index (Phi) is 7.23. The number of hydrogen-bond acceptors (Lipinski definition) is 6. The molecule has 10 heteroatoms. The number of aromatic nitrogens is 2. The highest BCUT2D eigenvalue weighted by molar-refractivity contribution is 6.74. The van der Waals surface area contributed by atoms with E-state index in [4.69, 9.17) is 27.6 Å². The van der Waals surface area contributed by atoms with Crippen molar-refractivity contribution in [1.29, 1.82) is 0 Å². The normalized spacial score (nSPS) is 13.5. The van der Waals surface area contributed by atoms with Crippen molar-refractivity contribution in [2.75, 3.05) is 26.0 Å². The van der Waals surface area contributed by atoms with Crippen LogP contribution < -0.4 is 5.32 Å². The van der Waals surface area contributed by atoms with E-state index >= 15 is 0 Å². The summed E-state index contributed by atoms with van der Waals surface area (Å²) in [5.74, 6) is -0.336. The summed E-state index contributed by atoms with van der Waals surface area (Å²) < 4.78 is 5.96. The van der Waals surface area contributed by atoms with Gasteiger partial charge in [-0.15, -0.1) is 0 Å². The highest BCUT2D eigenvalue weighted by Crippen LogP contribution is 2.36. The highest BCUT2D eigenvalue weighted by Gasteiger charge is 2.37. The topological polar surface area (TPSA) is 87.6 Å². The standard InChI is InChI=1S/C15H26Cl2N4O3Si/c1-15(2,3)25(6,7)24-8-9(22)18-12-10(13(23)21(4)5)11(16)19-14(17)20-12/h9,22H,8H2,1-7H3,(H,18,19,20)/t9-/m1/s1. The second kappa shape index (κ2) is 8.18. The molecule has 1 atom stereocenters. The third-order valence-corrected chi connectivity index (χ3v) is 9.11. The molecule has 7 nitrogen and oxygen atoms in total. The lowest BCUT2D eigenvalue weighted by atomic mass is 10.2. The largest absolute Gasteiger partial charge is 0.412 e. The summed E-state index contributed by atoms with van der Waals surface area (Å²) in [7, 11) is 1.13. The minimum atomic E-state index is -2.02. The van der Waals surface area contributed by atoms with Crippen molar-refractivity contribution >= 4 is 43.2 Å². The minimum Gasteiger partial charge on any atom is -0.412 e. The molecule has 1 aromatic heterocycles. The molecule has 1 amide bonds. The van der Waals surface area contributed by atoms with Crippen LogP contribution in [0.15, 0.2) is 0 Å². The van der Waals surface area contributed by atoms with E-state index in [2.05, 4.69) is 49.1 Å². The average molecular weight is 409 g/mol. The first-order valence-corrected chi connectivity index (χ1v) is 11.5. The molecule has 0 aliphatic carbocycles. The predicted octanol–water partition coefficient (Wildman–Crippen LogP) is 3.24. The Hall–Kier alpha value is -0.933. The average Bonchev–Trinajstić information content (AvgIpc) is 2.42. The van der Waals surface area contributed by atoms with Crippen LogP contribution in [0.1, 0.15) is 31.1 Å². The van der Waals surface area contributed by atoms with E-state index in [-0.39, 0.29) is 33.5 Å². The Morgan fingerprint density at radius 3 is 2.36 bits per heavy atom. The van der Waals surface area contributed by atoms with E-state index in [9.17, 15) is 9.90 Å². The number of halogens is 2. The molecular weight excluding hydrogens is 383 g/mol. The van der Waals surface area contributed by atoms with Gasteiger partial charge in [-0.3, -0.25) is 4.79 Å². The van der Waals surface area contributed by atoms with Crippen LogP contribution in [0.5, 0.6) is 0 Å². The first kappa shape index (κ1) is 22.1. The molecule has 0 saturated heterocycles. The molecule has 0 bridgehead atoms. The Balaban J connectivity index is 2.97. The van der Waals surface area contributed by atoms with Gasteiger partial charge >= 0.3 is 0 Å². The summed E-state index contributed by atoms with van der Waals surface area (Å²) in [4.78, 5) is 21.4. The fraction of sp³-hybridized carbons (Fsp3) is 0.667. The van der Waals surface area contributed by atoms with Crippen molar-refractivity contribution in [3.63, 3.8) is 0 Å². The molecule has 1 heterocycles. The zero-order valence-electron chi connectivity index (χ0n) is 15.6. The van der Waals surface area contributed by atoms with Crippen molar-refractivity contribution in [3.8, 4) is 0 Å². The minimum absolute atomic E-state index is 0.0142. The van der Waals surface area contributed by atoms with Gasteiger partial charge in [0.25, 0.3) is 5.91 Å². The summed E-state index contributed by atoms with van der Waals surface area (Å²) in [6, 6.07) is 0. The van der Waals surface area contributed by atoms with Crippen LogP contribution in [0.4, 0.5) is 5.82 Å². The molecular formula is C15H26Cl2N4O3Si. The second-order valence-electron chi connectivity index (χ2n) is 7.44.